The lowest BCUT2D eigenvalue weighted by Crippen LogP contribution is -2.13. The Morgan fingerprint density at radius 3 is 2.46 bits per heavy atom. The highest BCUT2D eigenvalue weighted by Crippen LogP contribution is 2.30. The highest BCUT2D eigenvalue weighted by molar-refractivity contribution is 7.99. The summed E-state index contributed by atoms with van der Waals surface area (Å²) >= 11 is 7.64. The molecule has 3 aromatic carbocycles. The molecular formula is C20H13ClN4S. The maximum absolute atomic E-state index is 6.00. The lowest BCUT2D eigenvalue weighted by Gasteiger charge is -2.14. The summed E-state index contributed by atoms with van der Waals surface area (Å²) in [5.41, 5.74) is 3.05. The van der Waals surface area contributed by atoms with Crippen molar-refractivity contribution in [3.05, 3.63) is 77.3 Å². The van der Waals surface area contributed by atoms with Crippen LogP contribution in [0.1, 0.15) is 5.56 Å². The van der Waals surface area contributed by atoms with E-state index in [2.05, 4.69) is 40.5 Å². The zero-order valence-electron chi connectivity index (χ0n) is 13.6. The lowest BCUT2D eigenvalue weighted by atomic mass is 10.1. The Morgan fingerprint density at radius 2 is 1.62 bits per heavy atom. The molecule has 0 unspecified atom stereocenters. The Hall–Kier alpha value is -2.63. The molecule has 0 atom stereocenters. The van der Waals surface area contributed by atoms with Crippen molar-refractivity contribution in [1.82, 2.24) is 14.9 Å². The van der Waals surface area contributed by atoms with Crippen LogP contribution in [-0.2, 0) is 0 Å². The van der Waals surface area contributed by atoms with Crippen molar-refractivity contribution < 1.29 is 0 Å². The van der Waals surface area contributed by atoms with Gasteiger partial charge >= 0.3 is 0 Å². The van der Waals surface area contributed by atoms with Crippen LogP contribution in [0.25, 0.3) is 22.2 Å². The van der Waals surface area contributed by atoms with Crippen LogP contribution >= 0.6 is 23.4 Å². The normalized spacial score (nSPS) is 13.5. The highest BCUT2D eigenvalue weighted by Gasteiger charge is 2.20. The van der Waals surface area contributed by atoms with Crippen molar-refractivity contribution in [1.29, 1.82) is 0 Å². The Balaban J connectivity index is 1.61. The fourth-order valence-corrected chi connectivity index (χ4v) is 3.98. The van der Waals surface area contributed by atoms with Gasteiger partial charge < -0.3 is 0 Å². The molecule has 0 N–H and O–H groups in total. The minimum atomic E-state index is 0.722. The van der Waals surface area contributed by atoms with Crippen LogP contribution in [0, 0.1) is 0 Å². The summed E-state index contributed by atoms with van der Waals surface area (Å²) in [6.45, 7) is 0. The number of rotatable bonds is 2. The van der Waals surface area contributed by atoms with Gasteiger partial charge in [-0.1, -0.05) is 71.9 Å². The van der Waals surface area contributed by atoms with Gasteiger partial charge in [-0.3, -0.25) is 0 Å². The summed E-state index contributed by atoms with van der Waals surface area (Å²) in [6.07, 6.45) is 0. The third kappa shape index (κ3) is 2.69. The number of benzene rings is 3. The average Bonchev–Trinajstić information content (AvgIpc) is 3.11. The first kappa shape index (κ1) is 15.6. The van der Waals surface area contributed by atoms with E-state index in [1.807, 2.05) is 41.1 Å². The van der Waals surface area contributed by atoms with Crippen molar-refractivity contribution in [3.63, 3.8) is 0 Å². The average molecular weight is 377 g/mol. The second-order valence-corrected chi connectivity index (χ2v) is 7.40. The quantitative estimate of drug-likeness (QED) is 0.488. The molecule has 5 rings (SSSR count). The van der Waals surface area contributed by atoms with E-state index in [0.29, 0.717) is 0 Å². The molecule has 1 aromatic heterocycles. The van der Waals surface area contributed by atoms with Gasteiger partial charge in [0.1, 0.15) is 0 Å². The first-order valence-electron chi connectivity index (χ1n) is 8.19. The SMILES string of the molecule is Clc1ccc(C2=Nn3c(nnc3-c3ccc4ccccc4c3)SC2)cc1. The zero-order chi connectivity index (χ0) is 17.5. The van der Waals surface area contributed by atoms with Crippen LogP contribution in [-0.4, -0.2) is 26.3 Å². The third-order valence-corrected chi connectivity index (χ3v) is 5.54. The molecule has 4 aromatic rings. The van der Waals surface area contributed by atoms with Gasteiger partial charge in [0.05, 0.1) is 5.71 Å². The molecule has 0 radical (unpaired) electrons. The van der Waals surface area contributed by atoms with Gasteiger partial charge in [-0.05, 0) is 34.5 Å². The van der Waals surface area contributed by atoms with Crippen LogP contribution in [0.5, 0.6) is 0 Å². The fraction of sp³-hybridized carbons (Fsp3) is 0.0500. The first-order chi connectivity index (χ1) is 12.8. The first-order valence-corrected chi connectivity index (χ1v) is 9.55. The van der Waals surface area contributed by atoms with E-state index in [0.717, 1.165) is 38.6 Å². The number of nitrogens with zero attached hydrogens (tertiary/aromatic N) is 4. The molecule has 126 valence electrons. The third-order valence-electron chi connectivity index (χ3n) is 4.36. The van der Waals surface area contributed by atoms with Crippen LogP contribution < -0.4 is 0 Å². The van der Waals surface area contributed by atoms with E-state index < -0.39 is 0 Å². The van der Waals surface area contributed by atoms with Crippen molar-refractivity contribution >= 4 is 39.8 Å². The van der Waals surface area contributed by atoms with Gasteiger partial charge in [0, 0.05) is 16.3 Å². The predicted octanol–water partition coefficient (Wildman–Crippen LogP) is 5.11. The smallest absolute Gasteiger partial charge is 0.187 e. The van der Waals surface area contributed by atoms with Crippen LogP contribution in [0.4, 0.5) is 0 Å². The fourth-order valence-electron chi connectivity index (χ4n) is 3.02. The summed E-state index contributed by atoms with van der Waals surface area (Å²) < 4.78 is 1.84. The van der Waals surface area contributed by atoms with Gasteiger partial charge in [-0.25, -0.2) is 0 Å². The molecule has 4 nitrogen and oxygen atoms in total. The molecule has 0 amide bonds. The Bertz CT molecular complexity index is 1150. The van der Waals surface area contributed by atoms with E-state index in [9.17, 15) is 0 Å². The van der Waals surface area contributed by atoms with Gasteiger partial charge in [0.25, 0.3) is 0 Å². The molecule has 0 saturated heterocycles. The molecule has 0 bridgehead atoms. The summed E-state index contributed by atoms with van der Waals surface area (Å²) in [5.74, 6) is 1.52. The summed E-state index contributed by atoms with van der Waals surface area (Å²) in [6, 6.07) is 22.3. The van der Waals surface area contributed by atoms with Crippen molar-refractivity contribution in [3.8, 4) is 11.4 Å². The van der Waals surface area contributed by atoms with Crippen molar-refractivity contribution in [2.45, 2.75) is 5.16 Å². The minimum absolute atomic E-state index is 0.722. The summed E-state index contributed by atoms with van der Waals surface area (Å²) in [7, 11) is 0. The topological polar surface area (TPSA) is 43.1 Å². The molecule has 0 aliphatic carbocycles. The second-order valence-electron chi connectivity index (χ2n) is 6.02. The lowest BCUT2D eigenvalue weighted by molar-refractivity contribution is 0.762. The maximum atomic E-state index is 6.00. The molecule has 0 saturated carbocycles. The monoisotopic (exact) mass is 376 g/mol. The van der Waals surface area contributed by atoms with E-state index in [4.69, 9.17) is 16.7 Å². The van der Waals surface area contributed by atoms with Gasteiger partial charge in [0.15, 0.2) is 5.82 Å². The van der Waals surface area contributed by atoms with Gasteiger partial charge in [-0.2, -0.15) is 9.78 Å². The van der Waals surface area contributed by atoms with Crippen LogP contribution in [0.2, 0.25) is 5.02 Å². The van der Waals surface area contributed by atoms with Gasteiger partial charge in [0.2, 0.25) is 5.16 Å². The van der Waals surface area contributed by atoms with Crippen LogP contribution in [0.15, 0.2) is 77.0 Å². The maximum Gasteiger partial charge on any atom is 0.212 e. The number of fused-ring (bicyclic) bond motifs is 2. The number of thioether (sulfide) groups is 1. The number of hydrogen-bond acceptors (Lipinski definition) is 4. The highest BCUT2D eigenvalue weighted by atomic mass is 35.5. The second kappa shape index (κ2) is 6.27. The van der Waals surface area contributed by atoms with Gasteiger partial charge in [-0.15, -0.1) is 10.2 Å². The Morgan fingerprint density at radius 1 is 0.846 bits per heavy atom. The number of hydrogen-bond donors (Lipinski definition) is 0. The van der Waals surface area contributed by atoms with Crippen LogP contribution in [0.3, 0.4) is 0 Å². The molecule has 26 heavy (non-hydrogen) atoms. The standard InChI is InChI=1S/C20H13ClN4S/c21-17-9-7-14(8-10-17)18-12-26-20-23-22-19(25(20)24-18)16-6-5-13-3-1-2-4-15(13)11-16/h1-11H,12H2. The van der Waals surface area contributed by atoms with E-state index in [1.54, 1.807) is 11.8 Å². The molecule has 2 heterocycles. The van der Waals surface area contributed by atoms with Crippen molar-refractivity contribution in [2.75, 3.05) is 5.75 Å². The molecule has 1 aliphatic heterocycles. The molecular weight excluding hydrogens is 364 g/mol. The molecule has 1 aliphatic rings. The van der Waals surface area contributed by atoms with Crippen molar-refractivity contribution in [2.24, 2.45) is 5.10 Å². The number of aromatic nitrogens is 3. The van der Waals surface area contributed by atoms with E-state index in [1.165, 1.54) is 10.8 Å². The Kier molecular flexibility index (Phi) is 3.76. The molecule has 6 heteroatoms. The van der Waals surface area contributed by atoms with E-state index >= 15 is 0 Å². The predicted molar refractivity (Wildman–Crippen MR) is 107 cm³/mol. The number of halogens is 1. The minimum Gasteiger partial charge on any atom is -0.187 e. The van der Waals surface area contributed by atoms with E-state index in [-0.39, 0.29) is 0 Å². The summed E-state index contributed by atoms with van der Waals surface area (Å²) in [4.78, 5) is 0. The summed E-state index contributed by atoms with van der Waals surface area (Å²) in [5, 5.41) is 17.4. The Labute approximate surface area is 159 Å². The zero-order valence-corrected chi connectivity index (χ0v) is 15.2. The molecule has 0 fully saturated rings. The largest absolute Gasteiger partial charge is 0.212 e. The molecule has 0 spiro atoms.